The van der Waals surface area contributed by atoms with E-state index in [4.69, 9.17) is 4.74 Å². The molecule has 0 spiro atoms. The van der Waals surface area contributed by atoms with Crippen molar-refractivity contribution in [3.8, 4) is 11.4 Å². The molecule has 3 aromatic rings. The van der Waals surface area contributed by atoms with Crippen LogP contribution < -0.4 is 15.4 Å². The standard InChI is InChI=1S/C22H25N5O/c1-3-15-28-21-12-8-7-9-18(21)16-24-22(23-2)25-17-19-13-14-27(26-19)20-10-5-4-6-11-20/h3-14H,1,15-17H2,2H3,(H2,23,24,25). The van der Waals surface area contributed by atoms with Gasteiger partial charge in [0.05, 0.1) is 17.9 Å². The van der Waals surface area contributed by atoms with E-state index in [1.165, 1.54) is 0 Å². The zero-order valence-electron chi connectivity index (χ0n) is 16.0. The molecular formula is C22H25N5O. The lowest BCUT2D eigenvalue weighted by atomic mass is 10.2. The molecule has 6 nitrogen and oxygen atoms in total. The van der Waals surface area contributed by atoms with Crippen LogP contribution in [-0.4, -0.2) is 29.4 Å². The third kappa shape index (κ3) is 5.23. The van der Waals surface area contributed by atoms with Crippen LogP contribution in [0.4, 0.5) is 0 Å². The summed E-state index contributed by atoms with van der Waals surface area (Å²) < 4.78 is 7.56. The smallest absolute Gasteiger partial charge is 0.191 e. The van der Waals surface area contributed by atoms with Crippen LogP contribution in [0.15, 0.2) is 84.5 Å². The number of nitrogens with one attached hydrogen (secondary N) is 2. The molecule has 0 unspecified atom stereocenters. The molecule has 0 fully saturated rings. The Balaban J connectivity index is 1.55. The van der Waals surface area contributed by atoms with Gasteiger partial charge >= 0.3 is 0 Å². The topological polar surface area (TPSA) is 63.5 Å². The van der Waals surface area contributed by atoms with Gasteiger partial charge in [0.2, 0.25) is 0 Å². The first kappa shape index (κ1) is 19.2. The predicted octanol–water partition coefficient (Wildman–Crippen LogP) is 3.30. The molecule has 0 atom stereocenters. The minimum Gasteiger partial charge on any atom is -0.489 e. The largest absolute Gasteiger partial charge is 0.489 e. The Morgan fingerprint density at radius 3 is 2.61 bits per heavy atom. The molecule has 6 heteroatoms. The number of nitrogens with zero attached hydrogens (tertiary/aromatic N) is 3. The zero-order chi connectivity index (χ0) is 19.6. The minimum atomic E-state index is 0.480. The second kappa shape index (κ2) is 9.97. The van der Waals surface area contributed by atoms with E-state index in [0.717, 1.165) is 22.7 Å². The minimum absolute atomic E-state index is 0.480. The van der Waals surface area contributed by atoms with Gasteiger partial charge in [0, 0.05) is 25.4 Å². The van der Waals surface area contributed by atoms with Crippen LogP contribution in [0, 0.1) is 0 Å². The quantitative estimate of drug-likeness (QED) is 0.360. The zero-order valence-corrected chi connectivity index (χ0v) is 16.0. The van der Waals surface area contributed by atoms with Gasteiger partial charge in [-0.2, -0.15) is 5.10 Å². The van der Waals surface area contributed by atoms with Gasteiger partial charge < -0.3 is 15.4 Å². The van der Waals surface area contributed by atoms with Gasteiger partial charge in [-0.1, -0.05) is 49.1 Å². The number of hydrogen-bond acceptors (Lipinski definition) is 3. The molecule has 1 aromatic heterocycles. The molecular weight excluding hydrogens is 350 g/mol. The fraction of sp³-hybridized carbons (Fsp3) is 0.182. The van der Waals surface area contributed by atoms with E-state index >= 15 is 0 Å². The average Bonchev–Trinajstić information content (AvgIpc) is 3.23. The van der Waals surface area contributed by atoms with Gasteiger partial charge in [-0.25, -0.2) is 4.68 Å². The number of para-hydroxylation sites is 2. The summed E-state index contributed by atoms with van der Waals surface area (Å²) in [5.74, 6) is 1.54. The van der Waals surface area contributed by atoms with Crippen molar-refractivity contribution < 1.29 is 4.74 Å². The summed E-state index contributed by atoms with van der Waals surface area (Å²) in [7, 11) is 1.75. The molecule has 2 aromatic carbocycles. The molecule has 28 heavy (non-hydrogen) atoms. The highest BCUT2D eigenvalue weighted by Crippen LogP contribution is 2.17. The molecule has 0 aliphatic rings. The third-order valence-corrected chi connectivity index (χ3v) is 4.10. The number of guanidine groups is 1. The molecule has 0 amide bonds. The maximum absolute atomic E-state index is 5.70. The van der Waals surface area contributed by atoms with E-state index in [9.17, 15) is 0 Å². The summed E-state index contributed by atoms with van der Waals surface area (Å²) in [5, 5.41) is 11.2. The summed E-state index contributed by atoms with van der Waals surface area (Å²) >= 11 is 0. The Morgan fingerprint density at radius 2 is 1.82 bits per heavy atom. The Hall–Kier alpha value is -3.54. The molecule has 0 aliphatic carbocycles. The van der Waals surface area contributed by atoms with E-state index < -0.39 is 0 Å². The van der Waals surface area contributed by atoms with E-state index in [-0.39, 0.29) is 0 Å². The third-order valence-electron chi connectivity index (χ3n) is 4.10. The van der Waals surface area contributed by atoms with E-state index in [0.29, 0.717) is 25.7 Å². The number of aromatic nitrogens is 2. The maximum Gasteiger partial charge on any atom is 0.191 e. The SMILES string of the molecule is C=CCOc1ccccc1CNC(=NC)NCc1ccn(-c2ccccc2)n1. The molecule has 0 saturated carbocycles. The second-order valence-corrected chi connectivity index (χ2v) is 6.07. The Morgan fingerprint density at radius 1 is 1.07 bits per heavy atom. The lowest BCUT2D eigenvalue weighted by Gasteiger charge is -2.14. The monoisotopic (exact) mass is 375 g/mol. The fourth-order valence-corrected chi connectivity index (χ4v) is 2.69. The van der Waals surface area contributed by atoms with Crippen LogP contribution in [-0.2, 0) is 13.1 Å². The average molecular weight is 375 g/mol. The summed E-state index contributed by atoms with van der Waals surface area (Å²) in [6.45, 7) is 5.35. The van der Waals surface area contributed by atoms with E-state index in [2.05, 4.69) is 27.3 Å². The van der Waals surface area contributed by atoms with Crippen LogP contribution in [0.5, 0.6) is 5.75 Å². The first-order valence-corrected chi connectivity index (χ1v) is 9.16. The van der Waals surface area contributed by atoms with Gasteiger partial charge in [0.25, 0.3) is 0 Å². The summed E-state index contributed by atoms with van der Waals surface area (Å²) in [5.41, 5.74) is 3.02. The number of rotatable bonds is 8. The Kier molecular flexibility index (Phi) is 6.84. The molecule has 144 valence electrons. The first-order chi connectivity index (χ1) is 13.8. The number of hydrogen-bond donors (Lipinski definition) is 2. The van der Waals surface area contributed by atoms with Gasteiger partial charge in [0.15, 0.2) is 5.96 Å². The van der Waals surface area contributed by atoms with Crippen LogP contribution >= 0.6 is 0 Å². The Bertz CT molecular complexity index is 917. The number of benzene rings is 2. The molecule has 0 bridgehead atoms. The highest BCUT2D eigenvalue weighted by molar-refractivity contribution is 5.79. The highest BCUT2D eigenvalue weighted by atomic mass is 16.5. The van der Waals surface area contributed by atoms with Crippen LogP contribution in [0.2, 0.25) is 0 Å². The summed E-state index contributed by atoms with van der Waals surface area (Å²) in [6.07, 6.45) is 3.69. The molecule has 0 saturated heterocycles. The lowest BCUT2D eigenvalue weighted by Crippen LogP contribution is -2.36. The number of ether oxygens (including phenoxy) is 1. The molecule has 3 rings (SSSR count). The summed E-state index contributed by atoms with van der Waals surface area (Å²) in [6, 6.07) is 20.0. The number of aliphatic imine (C=N–C) groups is 1. The molecule has 0 aliphatic heterocycles. The van der Waals surface area contributed by atoms with Crippen molar-refractivity contribution in [2.45, 2.75) is 13.1 Å². The summed E-state index contributed by atoms with van der Waals surface area (Å²) in [4.78, 5) is 4.28. The van der Waals surface area contributed by atoms with Gasteiger partial charge in [-0.15, -0.1) is 0 Å². The molecule has 0 radical (unpaired) electrons. The maximum atomic E-state index is 5.70. The van der Waals surface area contributed by atoms with Gasteiger partial charge in [-0.05, 0) is 24.3 Å². The second-order valence-electron chi connectivity index (χ2n) is 6.07. The normalized spacial score (nSPS) is 11.1. The van der Waals surface area contributed by atoms with Crippen molar-refractivity contribution in [1.29, 1.82) is 0 Å². The van der Waals surface area contributed by atoms with Gasteiger partial charge in [0.1, 0.15) is 12.4 Å². The van der Waals surface area contributed by atoms with Crippen molar-refractivity contribution in [1.82, 2.24) is 20.4 Å². The van der Waals surface area contributed by atoms with E-state index in [1.54, 1.807) is 13.1 Å². The fourth-order valence-electron chi connectivity index (χ4n) is 2.69. The van der Waals surface area contributed by atoms with Crippen LogP contribution in [0.1, 0.15) is 11.3 Å². The molecule has 1 heterocycles. The van der Waals surface area contributed by atoms with Crippen molar-refractivity contribution >= 4 is 5.96 Å². The van der Waals surface area contributed by atoms with Crippen molar-refractivity contribution in [2.75, 3.05) is 13.7 Å². The Labute approximate surface area is 165 Å². The van der Waals surface area contributed by atoms with Crippen LogP contribution in [0.25, 0.3) is 5.69 Å². The highest BCUT2D eigenvalue weighted by Gasteiger charge is 2.06. The van der Waals surface area contributed by atoms with Crippen molar-refractivity contribution in [3.05, 3.63) is 90.8 Å². The molecule has 2 N–H and O–H groups in total. The lowest BCUT2D eigenvalue weighted by molar-refractivity contribution is 0.358. The predicted molar refractivity (Wildman–Crippen MR) is 113 cm³/mol. The first-order valence-electron chi connectivity index (χ1n) is 9.16. The van der Waals surface area contributed by atoms with Gasteiger partial charge in [-0.3, -0.25) is 4.99 Å². The van der Waals surface area contributed by atoms with E-state index in [1.807, 2.05) is 71.5 Å². The van der Waals surface area contributed by atoms with Crippen molar-refractivity contribution in [2.24, 2.45) is 4.99 Å². The van der Waals surface area contributed by atoms with Crippen LogP contribution in [0.3, 0.4) is 0 Å². The van der Waals surface area contributed by atoms with Crippen molar-refractivity contribution in [3.63, 3.8) is 0 Å².